The Morgan fingerprint density at radius 2 is 2.36 bits per heavy atom. The second-order valence-corrected chi connectivity index (χ2v) is 3.59. The first kappa shape index (κ1) is 7.36. The summed E-state index contributed by atoms with van der Waals surface area (Å²) in [5.74, 6) is 0. The lowest BCUT2D eigenvalue weighted by Gasteiger charge is -1.93. The number of aromatic amines is 1. The smallest absolute Gasteiger partial charge is 0.131 e. The van der Waals surface area contributed by atoms with Crippen molar-refractivity contribution < 1.29 is 0 Å². The SMILES string of the molecule is Clc1cc2cc[nH]c2c(I)n1. The molecular formula is C7H4ClIN2. The van der Waals surface area contributed by atoms with Crippen LogP contribution in [0.5, 0.6) is 0 Å². The fourth-order valence-electron chi connectivity index (χ4n) is 0.991. The Morgan fingerprint density at radius 1 is 1.55 bits per heavy atom. The molecule has 4 heteroatoms. The number of nitrogens with zero attached hydrogens (tertiary/aromatic N) is 1. The van der Waals surface area contributed by atoms with E-state index in [0.29, 0.717) is 5.15 Å². The third kappa shape index (κ3) is 1.22. The van der Waals surface area contributed by atoms with Crippen LogP contribution >= 0.6 is 34.2 Å². The zero-order valence-corrected chi connectivity index (χ0v) is 8.35. The van der Waals surface area contributed by atoms with E-state index in [1.807, 2.05) is 18.3 Å². The number of hydrogen-bond donors (Lipinski definition) is 1. The van der Waals surface area contributed by atoms with E-state index in [1.165, 1.54) is 0 Å². The van der Waals surface area contributed by atoms with Crippen LogP contribution in [0.3, 0.4) is 0 Å². The van der Waals surface area contributed by atoms with Gasteiger partial charge in [0.05, 0.1) is 5.52 Å². The van der Waals surface area contributed by atoms with Gasteiger partial charge < -0.3 is 4.98 Å². The molecule has 2 heterocycles. The van der Waals surface area contributed by atoms with E-state index >= 15 is 0 Å². The highest BCUT2D eigenvalue weighted by Crippen LogP contribution is 2.20. The first-order chi connectivity index (χ1) is 5.27. The monoisotopic (exact) mass is 278 g/mol. The van der Waals surface area contributed by atoms with E-state index in [1.54, 1.807) is 0 Å². The first-order valence-corrected chi connectivity index (χ1v) is 4.52. The van der Waals surface area contributed by atoms with E-state index in [2.05, 4.69) is 32.6 Å². The van der Waals surface area contributed by atoms with E-state index in [9.17, 15) is 0 Å². The van der Waals surface area contributed by atoms with Crippen LogP contribution in [0.15, 0.2) is 18.3 Å². The lowest BCUT2D eigenvalue weighted by Crippen LogP contribution is -1.82. The minimum absolute atomic E-state index is 0.543. The molecule has 0 spiro atoms. The van der Waals surface area contributed by atoms with Crippen molar-refractivity contribution in [3.63, 3.8) is 0 Å². The quantitative estimate of drug-likeness (QED) is 0.582. The lowest BCUT2D eigenvalue weighted by atomic mass is 10.3. The molecule has 0 saturated carbocycles. The molecule has 11 heavy (non-hydrogen) atoms. The summed E-state index contributed by atoms with van der Waals surface area (Å²) in [5.41, 5.74) is 1.05. The summed E-state index contributed by atoms with van der Waals surface area (Å²) in [6, 6.07) is 3.82. The van der Waals surface area contributed by atoms with Crippen molar-refractivity contribution in [1.82, 2.24) is 9.97 Å². The Balaban J connectivity index is 2.91. The van der Waals surface area contributed by atoms with Crippen LogP contribution < -0.4 is 0 Å². The maximum Gasteiger partial charge on any atom is 0.131 e. The molecule has 56 valence electrons. The molecule has 0 atom stereocenters. The number of H-pyrrole nitrogens is 1. The average molecular weight is 278 g/mol. The van der Waals surface area contributed by atoms with Gasteiger partial charge in [0.15, 0.2) is 0 Å². The molecule has 2 nitrogen and oxygen atoms in total. The first-order valence-electron chi connectivity index (χ1n) is 3.06. The summed E-state index contributed by atoms with van der Waals surface area (Å²) in [4.78, 5) is 7.18. The molecule has 2 aromatic rings. The van der Waals surface area contributed by atoms with Gasteiger partial charge in [0.25, 0.3) is 0 Å². The highest BCUT2D eigenvalue weighted by Gasteiger charge is 2.01. The Bertz CT molecular complexity index is 396. The largest absolute Gasteiger partial charge is 0.359 e. The predicted octanol–water partition coefficient (Wildman–Crippen LogP) is 2.82. The predicted molar refractivity (Wildman–Crippen MR) is 53.8 cm³/mol. The highest BCUT2D eigenvalue weighted by molar-refractivity contribution is 14.1. The fraction of sp³-hybridized carbons (Fsp3) is 0. The van der Waals surface area contributed by atoms with Crippen LogP contribution in [0, 0.1) is 3.70 Å². The van der Waals surface area contributed by atoms with Crippen LogP contribution in [0.25, 0.3) is 10.9 Å². The third-order valence-corrected chi connectivity index (χ3v) is 2.44. The summed E-state index contributed by atoms with van der Waals surface area (Å²) >= 11 is 7.90. The molecule has 0 bridgehead atoms. The minimum Gasteiger partial charge on any atom is -0.359 e. The number of aromatic nitrogens is 2. The van der Waals surface area contributed by atoms with Gasteiger partial charge in [-0.25, -0.2) is 4.98 Å². The molecule has 0 aliphatic carbocycles. The number of halogens is 2. The number of pyridine rings is 1. The maximum absolute atomic E-state index is 5.75. The second-order valence-electron chi connectivity index (χ2n) is 2.18. The van der Waals surface area contributed by atoms with Crippen LogP contribution in [0.2, 0.25) is 5.15 Å². The summed E-state index contributed by atoms with van der Waals surface area (Å²) in [6.45, 7) is 0. The van der Waals surface area contributed by atoms with Crippen molar-refractivity contribution in [2.45, 2.75) is 0 Å². The minimum atomic E-state index is 0.543. The van der Waals surface area contributed by atoms with Gasteiger partial charge in [0.2, 0.25) is 0 Å². The van der Waals surface area contributed by atoms with Gasteiger partial charge in [0.1, 0.15) is 8.85 Å². The van der Waals surface area contributed by atoms with Crippen LogP contribution in [0.4, 0.5) is 0 Å². The molecule has 0 aliphatic rings. The molecule has 2 aromatic heterocycles. The molecule has 0 unspecified atom stereocenters. The van der Waals surface area contributed by atoms with Crippen molar-refractivity contribution >= 4 is 45.1 Å². The number of rotatable bonds is 0. The van der Waals surface area contributed by atoms with Crippen molar-refractivity contribution in [2.24, 2.45) is 0 Å². The van der Waals surface area contributed by atoms with Gasteiger partial charge in [-0.15, -0.1) is 0 Å². The van der Waals surface area contributed by atoms with Gasteiger partial charge >= 0.3 is 0 Å². The average Bonchev–Trinajstić information content (AvgIpc) is 2.34. The summed E-state index contributed by atoms with van der Waals surface area (Å²) in [7, 11) is 0. The zero-order valence-electron chi connectivity index (χ0n) is 5.44. The Morgan fingerprint density at radius 3 is 3.18 bits per heavy atom. The summed E-state index contributed by atoms with van der Waals surface area (Å²) < 4.78 is 0.912. The number of fused-ring (bicyclic) bond motifs is 1. The Labute approximate surface area is 82.1 Å². The molecule has 0 fully saturated rings. The van der Waals surface area contributed by atoms with Gasteiger partial charge in [-0.2, -0.15) is 0 Å². The molecule has 1 N–H and O–H groups in total. The van der Waals surface area contributed by atoms with E-state index < -0.39 is 0 Å². The summed E-state index contributed by atoms with van der Waals surface area (Å²) in [6.07, 6.45) is 1.88. The van der Waals surface area contributed by atoms with Crippen LogP contribution in [-0.4, -0.2) is 9.97 Å². The molecule has 0 radical (unpaired) electrons. The number of hydrogen-bond acceptors (Lipinski definition) is 1. The molecule has 0 amide bonds. The van der Waals surface area contributed by atoms with E-state index in [0.717, 1.165) is 14.6 Å². The van der Waals surface area contributed by atoms with Crippen LogP contribution in [0.1, 0.15) is 0 Å². The topological polar surface area (TPSA) is 28.7 Å². The van der Waals surface area contributed by atoms with E-state index in [4.69, 9.17) is 11.6 Å². The van der Waals surface area contributed by atoms with Gasteiger partial charge in [-0.05, 0) is 34.7 Å². The maximum atomic E-state index is 5.75. The van der Waals surface area contributed by atoms with Gasteiger partial charge in [-0.3, -0.25) is 0 Å². The van der Waals surface area contributed by atoms with Gasteiger partial charge in [0, 0.05) is 11.6 Å². The third-order valence-electron chi connectivity index (χ3n) is 1.47. The summed E-state index contributed by atoms with van der Waals surface area (Å²) in [5, 5.41) is 1.65. The zero-order chi connectivity index (χ0) is 7.84. The molecule has 0 aliphatic heterocycles. The molecule has 0 aromatic carbocycles. The Kier molecular flexibility index (Phi) is 1.77. The number of nitrogens with one attached hydrogen (secondary N) is 1. The highest BCUT2D eigenvalue weighted by atomic mass is 127. The molecular weight excluding hydrogens is 274 g/mol. The normalized spacial score (nSPS) is 10.7. The van der Waals surface area contributed by atoms with E-state index in [-0.39, 0.29) is 0 Å². The standard InChI is InChI=1S/C7H4ClIN2/c8-5-3-4-1-2-10-6(4)7(9)11-5/h1-3,10H. The van der Waals surface area contributed by atoms with Crippen molar-refractivity contribution in [1.29, 1.82) is 0 Å². The van der Waals surface area contributed by atoms with Gasteiger partial charge in [-0.1, -0.05) is 11.6 Å². The molecule has 2 rings (SSSR count). The van der Waals surface area contributed by atoms with Crippen molar-refractivity contribution in [3.05, 3.63) is 27.2 Å². The molecule has 0 saturated heterocycles. The Hall–Kier alpha value is -0.290. The van der Waals surface area contributed by atoms with Crippen molar-refractivity contribution in [2.75, 3.05) is 0 Å². The van der Waals surface area contributed by atoms with Crippen molar-refractivity contribution in [3.8, 4) is 0 Å². The van der Waals surface area contributed by atoms with Crippen LogP contribution in [-0.2, 0) is 0 Å². The fourth-order valence-corrected chi connectivity index (χ4v) is 2.06. The lowest BCUT2D eigenvalue weighted by molar-refractivity contribution is 1.29. The second kappa shape index (κ2) is 2.64.